The maximum absolute atomic E-state index is 4.59. The number of aryl methyl sites for hydroxylation is 2. The summed E-state index contributed by atoms with van der Waals surface area (Å²) < 4.78 is 0. The van der Waals surface area contributed by atoms with E-state index in [2.05, 4.69) is 40.1 Å². The quantitative estimate of drug-likeness (QED) is 0.884. The van der Waals surface area contributed by atoms with Crippen LogP contribution in [0.4, 0.5) is 5.82 Å². The molecule has 0 radical (unpaired) electrons. The summed E-state index contributed by atoms with van der Waals surface area (Å²) in [4.78, 5) is 11.4. The Balaban J connectivity index is 1.95. The summed E-state index contributed by atoms with van der Waals surface area (Å²) in [5, 5.41) is 3.62. The van der Waals surface area contributed by atoms with E-state index in [1.165, 1.54) is 19.3 Å². The summed E-state index contributed by atoms with van der Waals surface area (Å²) in [6.45, 7) is 9.68. The van der Waals surface area contributed by atoms with Gasteiger partial charge in [0, 0.05) is 30.9 Å². The Morgan fingerprint density at radius 1 is 1.26 bits per heavy atom. The number of anilines is 1. The van der Waals surface area contributed by atoms with Gasteiger partial charge in [0.1, 0.15) is 11.6 Å². The Morgan fingerprint density at radius 3 is 2.63 bits per heavy atom. The molecule has 1 fully saturated rings. The van der Waals surface area contributed by atoms with E-state index in [1.807, 2.05) is 6.92 Å². The van der Waals surface area contributed by atoms with E-state index >= 15 is 0 Å². The van der Waals surface area contributed by atoms with Crippen molar-refractivity contribution in [1.29, 1.82) is 0 Å². The first-order valence-corrected chi connectivity index (χ1v) is 7.55. The molecule has 0 amide bonds. The van der Waals surface area contributed by atoms with Gasteiger partial charge in [0.25, 0.3) is 0 Å². The Bertz CT molecular complexity index is 397. The smallest absolute Gasteiger partial charge is 0.132 e. The molecule has 0 unspecified atom stereocenters. The molecule has 2 heterocycles. The van der Waals surface area contributed by atoms with Crippen molar-refractivity contribution < 1.29 is 0 Å². The lowest BCUT2D eigenvalue weighted by molar-refractivity contribution is 0.414. The second-order valence-electron chi connectivity index (χ2n) is 5.33. The molecule has 1 aliphatic rings. The first-order valence-electron chi connectivity index (χ1n) is 7.55. The molecule has 4 nitrogen and oxygen atoms in total. The molecule has 1 aliphatic heterocycles. The van der Waals surface area contributed by atoms with Crippen molar-refractivity contribution in [2.45, 2.75) is 52.5 Å². The van der Waals surface area contributed by atoms with Gasteiger partial charge in [-0.3, -0.25) is 0 Å². The second-order valence-corrected chi connectivity index (χ2v) is 5.33. The fraction of sp³-hybridized carbons (Fsp3) is 0.733. The number of nitrogens with one attached hydrogen (secondary N) is 1. The van der Waals surface area contributed by atoms with E-state index in [0.717, 1.165) is 43.4 Å². The first-order chi connectivity index (χ1) is 9.22. The molecule has 0 aromatic carbocycles. The summed E-state index contributed by atoms with van der Waals surface area (Å²) in [5.74, 6) is 2.00. The van der Waals surface area contributed by atoms with Gasteiger partial charge in [0.05, 0.1) is 0 Å². The Hall–Kier alpha value is -1.16. The van der Waals surface area contributed by atoms with Crippen LogP contribution in [-0.4, -0.2) is 35.6 Å². The van der Waals surface area contributed by atoms with Gasteiger partial charge in [-0.2, -0.15) is 0 Å². The molecule has 0 aliphatic carbocycles. The molecule has 0 bridgehead atoms. The van der Waals surface area contributed by atoms with Gasteiger partial charge in [0.15, 0.2) is 0 Å². The Kier molecular flexibility index (Phi) is 5.14. The number of hydrogen-bond acceptors (Lipinski definition) is 4. The molecular weight excluding hydrogens is 236 g/mol. The lowest BCUT2D eigenvalue weighted by Crippen LogP contribution is -2.43. The highest BCUT2D eigenvalue weighted by Gasteiger charge is 2.20. The summed E-state index contributed by atoms with van der Waals surface area (Å²) >= 11 is 0. The molecular formula is C15H26N4. The van der Waals surface area contributed by atoms with Crippen LogP contribution in [0.2, 0.25) is 0 Å². The van der Waals surface area contributed by atoms with E-state index in [4.69, 9.17) is 0 Å². The highest BCUT2D eigenvalue weighted by atomic mass is 15.2. The van der Waals surface area contributed by atoms with Crippen molar-refractivity contribution in [3.63, 3.8) is 0 Å². The third-order valence-electron chi connectivity index (χ3n) is 3.74. The van der Waals surface area contributed by atoms with E-state index in [0.29, 0.717) is 6.04 Å². The average Bonchev–Trinajstić information content (AvgIpc) is 2.45. The molecule has 19 heavy (non-hydrogen) atoms. The van der Waals surface area contributed by atoms with E-state index in [1.54, 1.807) is 0 Å². The fourth-order valence-corrected chi connectivity index (χ4v) is 2.62. The molecule has 1 N–H and O–H groups in total. The van der Waals surface area contributed by atoms with E-state index in [-0.39, 0.29) is 0 Å². The van der Waals surface area contributed by atoms with Gasteiger partial charge in [-0.15, -0.1) is 0 Å². The number of aromatic nitrogens is 2. The van der Waals surface area contributed by atoms with Crippen LogP contribution >= 0.6 is 0 Å². The zero-order chi connectivity index (χ0) is 13.7. The fourth-order valence-electron chi connectivity index (χ4n) is 2.62. The minimum Gasteiger partial charge on any atom is -0.356 e. The number of hydrogen-bond donors (Lipinski definition) is 1. The summed E-state index contributed by atoms with van der Waals surface area (Å²) in [7, 11) is 0. The maximum Gasteiger partial charge on any atom is 0.132 e. The zero-order valence-corrected chi connectivity index (χ0v) is 12.4. The number of piperidine rings is 1. The molecule has 0 spiro atoms. The van der Waals surface area contributed by atoms with Gasteiger partial charge in [-0.05, 0) is 39.2 Å². The monoisotopic (exact) mass is 262 g/mol. The maximum atomic E-state index is 4.59. The van der Waals surface area contributed by atoms with Crippen molar-refractivity contribution in [3.05, 3.63) is 17.6 Å². The highest BCUT2D eigenvalue weighted by Crippen LogP contribution is 2.19. The molecule has 1 aromatic heterocycles. The SMILES string of the molecule is CCCNC1CCN(c2cc(CC)nc(C)n2)CC1. The molecule has 0 saturated carbocycles. The van der Waals surface area contributed by atoms with Crippen molar-refractivity contribution in [1.82, 2.24) is 15.3 Å². The zero-order valence-electron chi connectivity index (χ0n) is 12.4. The molecule has 0 atom stereocenters. The van der Waals surface area contributed by atoms with Crippen LogP contribution in [0.3, 0.4) is 0 Å². The Morgan fingerprint density at radius 2 is 2.00 bits per heavy atom. The minimum absolute atomic E-state index is 0.685. The third kappa shape index (κ3) is 3.90. The van der Waals surface area contributed by atoms with Gasteiger partial charge >= 0.3 is 0 Å². The average molecular weight is 262 g/mol. The van der Waals surface area contributed by atoms with Crippen LogP contribution in [0.1, 0.15) is 44.6 Å². The van der Waals surface area contributed by atoms with Crippen LogP contribution in [0.5, 0.6) is 0 Å². The van der Waals surface area contributed by atoms with Crippen LogP contribution in [-0.2, 0) is 6.42 Å². The van der Waals surface area contributed by atoms with Crippen molar-refractivity contribution >= 4 is 5.82 Å². The second kappa shape index (κ2) is 6.85. The van der Waals surface area contributed by atoms with Crippen LogP contribution in [0.15, 0.2) is 6.07 Å². The number of nitrogens with zero attached hydrogens (tertiary/aromatic N) is 3. The van der Waals surface area contributed by atoms with Gasteiger partial charge in [-0.1, -0.05) is 13.8 Å². The lowest BCUT2D eigenvalue weighted by atomic mass is 10.0. The summed E-state index contributed by atoms with van der Waals surface area (Å²) in [5.41, 5.74) is 1.15. The Labute approximate surface area is 116 Å². The van der Waals surface area contributed by atoms with Crippen LogP contribution < -0.4 is 10.2 Å². The first kappa shape index (κ1) is 14.3. The molecule has 106 valence electrons. The minimum atomic E-state index is 0.685. The van der Waals surface area contributed by atoms with Gasteiger partial charge in [-0.25, -0.2) is 9.97 Å². The number of rotatable bonds is 5. The molecule has 1 aromatic rings. The van der Waals surface area contributed by atoms with E-state index < -0.39 is 0 Å². The van der Waals surface area contributed by atoms with Gasteiger partial charge in [0.2, 0.25) is 0 Å². The summed E-state index contributed by atoms with van der Waals surface area (Å²) in [6.07, 6.45) is 4.62. The van der Waals surface area contributed by atoms with Gasteiger partial charge < -0.3 is 10.2 Å². The van der Waals surface area contributed by atoms with Crippen molar-refractivity contribution in [3.8, 4) is 0 Å². The third-order valence-corrected chi connectivity index (χ3v) is 3.74. The highest BCUT2D eigenvalue weighted by molar-refractivity contribution is 5.40. The van der Waals surface area contributed by atoms with Crippen molar-refractivity contribution in [2.75, 3.05) is 24.5 Å². The predicted octanol–water partition coefficient (Wildman–Crippen LogP) is 2.32. The molecule has 4 heteroatoms. The lowest BCUT2D eigenvalue weighted by Gasteiger charge is -2.33. The predicted molar refractivity (Wildman–Crippen MR) is 79.7 cm³/mol. The van der Waals surface area contributed by atoms with E-state index in [9.17, 15) is 0 Å². The van der Waals surface area contributed by atoms with Crippen LogP contribution in [0, 0.1) is 6.92 Å². The molecule has 1 saturated heterocycles. The normalized spacial score (nSPS) is 16.9. The largest absolute Gasteiger partial charge is 0.356 e. The summed E-state index contributed by atoms with van der Waals surface area (Å²) in [6, 6.07) is 2.83. The van der Waals surface area contributed by atoms with Crippen molar-refractivity contribution in [2.24, 2.45) is 0 Å². The standard InChI is InChI=1S/C15H26N4/c1-4-8-16-14-6-9-19(10-7-14)15-11-13(5-2)17-12(3)18-15/h11,14,16H,4-10H2,1-3H3. The van der Waals surface area contributed by atoms with Crippen LogP contribution in [0.25, 0.3) is 0 Å². The molecule has 2 rings (SSSR count). The topological polar surface area (TPSA) is 41.0 Å².